The fraction of sp³-hybridized carbons (Fsp3) is 0.364. The second-order valence-corrected chi connectivity index (χ2v) is 3.19. The van der Waals surface area contributed by atoms with Crippen molar-refractivity contribution in [1.82, 2.24) is 0 Å². The number of hydrogen-bond acceptors (Lipinski definition) is 2. The van der Waals surface area contributed by atoms with Crippen molar-refractivity contribution >= 4 is 5.97 Å². The molecule has 1 aromatic rings. The summed E-state index contributed by atoms with van der Waals surface area (Å²) in [6.45, 7) is 2.12. The summed E-state index contributed by atoms with van der Waals surface area (Å²) in [5.74, 6) is -0.342. The Hall–Kier alpha value is -1.51. The monoisotopic (exact) mass is 194 g/mol. The van der Waals surface area contributed by atoms with Crippen LogP contribution in [0.5, 0.6) is 5.75 Å². The molecule has 3 nitrogen and oxygen atoms in total. The van der Waals surface area contributed by atoms with Gasteiger partial charge in [-0.15, -0.1) is 0 Å². The minimum Gasteiger partial charge on any atom is -0.494 e. The Bertz CT molecular complexity index is 282. The summed E-state index contributed by atoms with van der Waals surface area (Å²) in [7, 11) is 0. The average Bonchev–Trinajstić information content (AvgIpc) is 2.19. The molecule has 0 unspecified atom stereocenters. The lowest BCUT2D eigenvalue weighted by molar-refractivity contribution is -0.141. The van der Waals surface area contributed by atoms with Gasteiger partial charge >= 0.3 is 5.97 Å². The number of hydrogen-bond donors (Lipinski definition) is 1. The summed E-state index contributed by atoms with van der Waals surface area (Å²) in [5.41, 5.74) is 0. The van der Waals surface area contributed by atoms with Gasteiger partial charge < -0.3 is 9.84 Å². The van der Waals surface area contributed by atoms with Crippen molar-refractivity contribution in [1.29, 1.82) is 0 Å². The van der Waals surface area contributed by atoms with Crippen molar-refractivity contribution < 1.29 is 14.6 Å². The Morgan fingerprint density at radius 3 is 2.64 bits per heavy atom. The molecule has 76 valence electrons. The van der Waals surface area contributed by atoms with Crippen LogP contribution in [0.1, 0.15) is 13.3 Å². The molecule has 0 fully saturated rings. The predicted octanol–water partition coefficient (Wildman–Crippen LogP) is 2.18. The zero-order valence-electron chi connectivity index (χ0n) is 8.14. The van der Waals surface area contributed by atoms with Crippen LogP contribution < -0.4 is 4.74 Å². The van der Waals surface area contributed by atoms with Crippen molar-refractivity contribution in [3.8, 4) is 5.75 Å². The normalized spacial score (nSPS) is 12.1. The highest BCUT2D eigenvalue weighted by Crippen LogP contribution is 2.10. The van der Waals surface area contributed by atoms with Crippen LogP contribution in [0.4, 0.5) is 0 Å². The molecule has 14 heavy (non-hydrogen) atoms. The minimum absolute atomic E-state index is 0.348. The Kier molecular flexibility index (Phi) is 3.98. The second-order valence-electron chi connectivity index (χ2n) is 3.19. The zero-order chi connectivity index (χ0) is 10.4. The molecule has 0 saturated carbocycles. The van der Waals surface area contributed by atoms with Gasteiger partial charge in [0.1, 0.15) is 5.75 Å². The summed E-state index contributed by atoms with van der Waals surface area (Å²) in [6.07, 6.45) is 0.532. The van der Waals surface area contributed by atoms with Crippen LogP contribution in [-0.4, -0.2) is 17.7 Å². The smallest absolute Gasteiger partial charge is 0.306 e. The SMILES string of the molecule is C[C@@H](CCOc1ccccc1)C(=O)O. The van der Waals surface area contributed by atoms with E-state index >= 15 is 0 Å². The molecule has 0 aromatic heterocycles. The lowest BCUT2D eigenvalue weighted by Gasteiger charge is -2.07. The molecule has 1 rings (SSSR count). The Balaban J connectivity index is 2.26. The molecular weight excluding hydrogens is 180 g/mol. The lowest BCUT2D eigenvalue weighted by Crippen LogP contribution is -2.13. The lowest BCUT2D eigenvalue weighted by atomic mass is 10.1. The number of ether oxygens (including phenoxy) is 1. The summed E-state index contributed by atoms with van der Waals surface area (Å²) in [5, 5.41) is 8.62. The summed E-state index contributed by atoms with van der Waals surface area (Å²) in [4.78, 5) is 10.5. The molecule has 0 bridgehead atoms. The number of benzene rings is 1. The maximum absolute atomic E-state index is 10.5. The van der Waals surface area contributed by atoms with Gasteiger partial charge in [0.05, 0.1) is 12.5 Å². The van der Waals surface area contributed by atoms with Crippen molar-refractivity contribution in [2.24, 2.45) is 5.92 Å². The first-order valence-corrected chi connectivity index (χ1v) is 4.61. The van der Waals surface area contributed by atoms with Crippen molar-refractivity contribution in [3.63, 3.8) is 0 Å². The minimum atomic E-state index is -0.776. The second kappa shape index (κ2) is 5.27. The molecule has 3 heteroatoms. The highest BCUT2D eigenvalue weighted by molar-refractivity contribution is 5.69. The van der Waals surface area contributed by atoms with Crippen LogP contribution in [0, 0.1) is 5.92 Å². The van der Waals surface area contributed by atoms with Crippen molar-refractivity contribution in [2.45, 2.75) is 13.3 Å². The topological polar surface area (TPSA) is 46.5 Å². The summed E-state index contributed by atoms with van der Waals surface area (Å²) in [6, 6.07) is 9.38. The van der Waals surface area contributed by atoms with Gasteiger partial charge in [0.15, 0.2) is 0 Å². The van der Waals surface area contributed by atoms with Gasteiger partial charge in [-0.3, -0.25) is 4.79 Å². The van der Waals surface area contributed by atoms with E-state index in [-0.39, 0.29) is 5.92 Å². The van der Waals surface area contributed by atoms with E-state index in [1.165, 1.54) is 0 Å². The quantitative estimate of drug-likeness (QED) is 0.781. The molecule has 0 aliphatic carbocycles. The number of carboxylic acid groups (broad SMARTS) is 1. The van der Waals surface area contributed by atoms with Gasteiger partial charge in [-0.2, -0.15) is 0 Å². The third kappa shape index (κ3) is 3.47. The third-order valence-electron chi connectivity index (χ3n) is 1.98. The molecule has 0 radical (unpaired) electrons. The van der Waals surface area contributed by atoms with Crippen molar-refractivity contribution in [3.05, 3.63) is 30.3 Å². The van der Waals surface area contributed by atoms with E-state index in [2.05, 4.69) is 0 Å². The number of carbonyl (C=O) groups is 1. The van der Waals surface area contributed by atoms with E-state index in [0.29, 0.717) is 13.0 Å². The molecule has 0 saturated heterocycles. The summed E-state index contributed by atoms with van der Waals surface area (Å²) < 4.78 is 5.36. The van der Waals surface area contributed by atoms with Crippen LogP contribution in [-0.2, 0) is 4.79 Å². The Morgan fingerprint density at radius 1 is 1.43 bits per heavy atom. The molecule has 0 aliphatic heterocycles. The number of para-hydroxylation sites is 1. The van der Waals surface area contributed by atoms with Gasteiger partial charge in [-0.05, 0) is 18.6 Å². The average molecular weight is 194 g/mol. The van der Waals surface area contributed by atoms with Gasteiger partial charge in [0.25, 0.3) is 0 Å². The largest absolute Gasteiger partial charge is 0.494 e. The van der Waals surface area contributed by atoms with Crippen LogP contribution >= 0.6 is 0 Å². The molecule has 0 spiro atoms. The Morgan fingerprint density at radius 2 is 2.07 bits per heavy atom. The van der Waals surface area contributed by atoms with Gasteiger partial charge in [0.2, 0.25) is 0 Å². The third-order valence-corrected chi connectivity index (χ3v) is 1.98. The number of rotatable bonds is 5. The van der Waals surface area contributed by atoms with E-state index < -0.39 is 5.97 Å². The van der Waals surface area contributed by atoms with E-state index in [1.54, 1.807) is 6.92 Å². The van der Waals surface area contributed by atoms with Crippen LogP contribution in [0.3, 0.4) is 0 Å². The fourth-order valence-electron chi connectivity index (χ4n) is 0.994. The van der Waals surface area contributed by atoms with E-state index in [1.807, 2.05) is 30.3 Å². The van der Waals surface area contributed by atoms with E-state index in [0.717, 1.165) is 5.75 Å². The van der Waals surface area contributed by atoms with Crippen LogP contribution in [0.15, 0.2) is 30.3 Å². The zero-order valence-corrected chi connectivity index (χ0v) is 8.14. The van der Waals surface area contributed by atoms with Gasteiger partial charge in [0, 0.05) is 0 Å². The van der Waals surface area contributed by atoms with E-state index in [4.69, 9.17) is 9.84 Å². The number of aliphatic carboxylic acids is 1. The summed E-state index contributed by atoms with van der Waals surface area (Å²) >= 11 is 0. The van der Waals surface area contributed by atoms with Gasteiger partial charge in [-0.25, -0.2) is 0 Å². The maximum atomic E-state index is 10.5. The van der Waals surface area contributed by atoms with Gasteiger partial charge in [-0.1, -0.05) is 25.1 Å². The van der Waals surface area contributed by atoms with E-state index in [9.17, 15) is 4.79 Å². The first-order chi connectivity index (χ1) is 6.70. The van der Waals surface area contributed by atoms with Crippen LogP contribution in [0.2, 0.25) is 0 Å². The molecule has 1 atom stereocenters. The van der Waals surface area contributed by atoms with Crippen molar-refractivity contribution in [2.75, 3.05) is 6.61 Å². The highest BCUT2D eigenvalue weighted by Gasteiger charge is 2.09. The maximum Gasteiger partial charge on any atom is 0.306 e. The molecule has 1 aromatic carbocycles. The first-order valence-electron chi connectivity index (χ1n) is 4.61. The van der Waals surface area contributed by atoms with Crippen LogP contribution in [0.25, 0.3) is 0 Å². The molecule has 0 aliphatic rings. The fourth-order valence-corrected chi connectivity index (χ4v) is 0.994. The first kappa shape index (κ1) is 10.6. The predicted molar refractivity (Wildman–Crippen MR) is 53.4 cm³/mol. The molecule has 1 N–H and O–H groups in total. The Labute approximate surface area is 83.3 Å². The molecule has 0 heterocycles. The molecular formula is C11H14O3. The standard InChI is InChI=1S/C11H14O3/c1-9(11(12)13)7-8-14-10-5-3-2-4-6-10/h2-6,9H,7-8H2,1H3,(H,12,13)/t9-/m0/s1. The number of carboxylic acids is 1. The molecule has 0 amide bonds. The highest BCUT2D eigenvalue weighted by atomic mass is 16.5.